The number of hydrogen-bond acceptors (Lipinski definition) is 6. The lowest BCUT2D eigenvalue weighted by atomic mass is 10.0. The maximum Gasteiger partial charge on any atom is 0.334 e. The minimum Gasteiger partial charge on any atom is -0.479 e. The molecular weight excluding hydrogens is 462 g/mol. The van der Waals surface area contributed by atoms with E-state index in [1.807, 2.05) is 78.9 Å². The Hall–Kier alpha value is -2.89. The van der Waals surface area contributed by atoms with Crippen LogP contribution in [0.1, 0.15) is 10.9 Å². The summed E-state index contributed by atoms with van der Waals surface area (Å²) in [4.78, 5) is 12.0. The number of fused-ring (bicyclic) bond motifs is 1. The van der Waals surface area contributed by atoms with Gasteiger partial charge < -0.3 is 9.84 Å². The highest BCUT2D eigenvalue weighted by molar-refractivity contribution is 8.02. The van der Waals surface area contributed by atoms with Crippen LogP contribution in [0, 0.1) is 0 Å². The third-order valence-electron chi connectivity index (χ3n) is 5.42. The fourth-order valence-corrected chi connectivity index (χ4v) is 7.00. The molecule has 2 aliphatic heterocycles. The minimum atomic E-state index is -4.15. The molecule has 170 valence electrons. The standard InChI is InChI=1S/C23H21N3O5S2/c27-22(28)18-14-24-23(31-18)25-33(29,30)26-20-17(15-8-3-1-4-9-15)12-7-13-19(20)32-21(26)16-10-5-2-6-11-16/h1-13,18,21,23-25H,14H2,(H,27,28)/t18-,21?,23+/m1/s1. The average molecular weight is 484 g/mol. The Labute approximate surface area is 195 Å². The van der Waals surface area contributed by atoms with E-state index in [0.29, 0.717) is 5.69 Å². The molecule has 2 aliphatic rings. The molecule has 0 spiro atoms. The topological polar surface area (TPSA) is 108 Å². The number of benzene rings is 3. The number of nitrogens with zero attached hydrogens (tertiary/aromatic N) is 1. The highest BCUT2D eigenvalue weighted by Gasteiger charge is 2.43. The monoisotopic (exact) mass is 483 g/mol. The molecule has 3 atom stereocenters. The van der Waals surface area contributed by atoms with E-state index >= 15 is 0 Å². The van der Waals surface area contributed by atoms with E-state index in [-0.39, 0.29) is 6.54 Å². The van der Waals surface area contributed by atoms with Gasteiger partial charge in [0.15, 0.2) is 12.5 Å². The number of carboxylic acids is 1. The number of carboxylic acid groups (broad SMARTS) is 1. The molecule has 0 saturated carbocycles. The van der Waals surface area contributed by atoms with E-state index in [1.165, 1.54) is 16.1 Å². The summed E-state index contributed by atoms with van der Waals surface area (Å²) < 4.78 is 36.6. The van der Waals surface area contributed by atoms with Crippen LogP contribution in [0.5, 0.6) is 0 Å². The molecule has 3 aromatic carbocycles. The predicted molar refractivity (Wildman–Crippen MR) is 126 cm³/mol. The first-order valence-electron chi connectivity index (χ1n) is 10.3. The third kappa shape index (κ3) is 4.23. The number of ether oxygens (including phenoxy) is 1. The number of hydrogen-bond donors (Lipinski definition) is 3. The molecule has 3 aromatic rings. The van der Waals surface area contributed by atoms with Crippen molar-refractivity contribution in [3.8, 4) is 11.1 Å². The predicted octanol–water partition coefficient (Wildman–Crippen LogP) is 3.16. The molecule has 0 radical (unpaired) electrons. The Morgan fingerprint density at radius 1 is 1.03 bits per heavy atom. The van der Waals surface area contributed by atoms with Gasteiger partial charge in [-0.25, -0.2) is 9.10 Å². The van der Waals surface area contributed by atoms with Crippen LogP contribution in [-0.4, -0.2) is 38.5 Å². The first-order chi connectivity index (χ1) is 15.9. The second-order valence-corrected chi connectivity index (χ2v) is 10.3. The van der Waals surface area contributed by atoms with E-state index in [4.69, 9.17) is 9.84 Å². The van der Waals surface area contributed by atoms with Gasteiger partial charge in [0.05, 0.1) is 5.69 Å². The second-order valence-electron chi connectivity index (χ2n) is 7.57. The number of aliphatic carboxylic acids is 1. The number of para-hydroxylation sites is 1. The van der Waals surface area contributed by atoms with Crippen molar-refractivity contribution in [2.24, 2.45) is 0 Å². The van der Waals surface area contributed by atoms with Gasteiger partial charge in [-0.05, 0) is 17.2 Å². The van der Waals surface area contributed by atoms with Crippen LogP contribution < -0.4 is 14.3 Å². The summed E-state index contributed by atoms with van der Waals surface area (Å²) in [6.45, 7) is 0.00519. The summed E-state index contributed by atoms with van der Waals surface area (Å²) in [5, 5.41) is 11.4. The molecule has 2 heterocycles. The molecule has 3 N–H and O–H groups in total. The Morgan fingerprint density at radius 3 is 2.39 bits per heavy atom. The van der Waals surface area contributed by atoms with Crippen LogP contribution in [-0.2, 0) is 19.7 Å². The van der Waals surface area contributed by atoms with E-state index < -0.39 is 34.0 Å². The van der Waals surface area contributed by atoms with Crippen molar-refractivity contribution in [2.75, 3.05) is 10.8 Å². The third-order valence-corrected chi connectivity index (χ3v) is 8.27. The van der Waals surface area contributed by atoms with Crippen molar-refractivity contribution >= 4 is 33.6 Å². The largest absolute Gasteiger partial charge is 0.479 e. The first-order valence-corrected chi connectivity index (χ1v) is 12.6. The highest BCUT2D eigenvalue weighted by Crippen LogP contribution is 2.55. The number of rotatable bonds is 6. The Balaban J connectivity index is 1.58. The van der Waals surface area contributed by atoms with Gasteiger partial charge in [0.25, 0.3) is 0 Å². The molecule has 10 heteroatoms. The van der Waals surface area contributed by atoms with Crippen molar-refractivity contribution in [2.45, 2.75) is 22.7 Å². The summed E-state index contributed by atoms with van der Waals surface area (Å²) in [6.07, 6.45) is -2.27. The van der Waals surface area contributed by atoms with Gasteiger partial charge in [0, 0.05) is 17.0 Å². The van der Waals surface area contributed by atoms with Gasteiger partial charge in [-0.15, -0.1) is 0 Å². The number of anilines is 1. The summed E-state index contributed by atoms with van der Waals surface area (Å²) in [5.41, 5.74) is 3.08. The number of thioether (sulfide) groups is 1. The van der Waals surface area contributed by atoms with Crippen LogP contribution in [0.4, 0.5) is 5.69 Å². The normalized spacial score (nSPS) is 22.3. The first kappa shape index (κ1) is 21.9. The maximum atomic E-state index is 13.7. The molecule has 5 rings (SSSR count). The minimum absolute atomic E-state index is 0.00519. The van der Waals surface area contributed by atoms with E-state index in [2.05, 4.69) is 10.0 Å². The molecule has 8 nitrogen and oxygen atoms in total. The molecule has 33 heavy (non-hydrogen) atoms. The lowest BCUT2D eigenvalue weighted by Gasteiger charge is -2.29. The van der Waals surface area contributed by atoms with Gasteiger partial charge in [0.1, 0.15) is 5.37 Å². The van der Waals surface area contributed by atoms with Crippen molar-refractivity contribution in [1.82, 2.24) is 10.0 Å². The number of nitrogens with one attached hydrogen (secondary N) is 2. The SMILES string of the molecule is O=C(O)[C@H]1CN[C@@H](NS(=O)(=O)N2c3c(cccc3-c3ccccc3)SC2c2ccccc2)O1. The summed E-state index contributed by atoms with van der Waals surface area (Å²) in [5.74, 6) is -1.15. The zero-order chi connectivity index (χ0) is 23.0. The lowest BCUT2D eigenvalue weighted by molar-refractivity contribution is -0.149. The van der Waals surface area contributed by atoms with Gasteiger partial charge >= 0.3 is 16.2 Å². The lowest BCUT2D eigenvalue weighted by Crippen LogP contribution is -2.49. The average Bonchev–Trinajstić information content (AvgIpc) is 3.45. The quantitative estimate of drug-likeness (QED) is 0.494. The van der Waals surface area contributed by atoms with E-state index in [0.717, 1.165) is 21.6 Å². The van der Waals surface area contributed by atoms with Crippen molar-refractivity contribution < 1.29 is 23.1 Å². The maximum absolute atomic E-state index is 13.7. The molecule has 1 saturated heterocycles. The van der Waals surface area contributed by atoms with Crippen LogP contribution >= 0.6 is 11.8 Å². The van der Waals surface area contributed by atoms with Crippen molar-refractivity contribution in [1.29, 1.82) is 0 Å². The second kappa shape index (κ2) is 8.81. The molecule has 0 aromatic heterocycles. The molecule has 0 amide bonds. The van der Waals surface area contributed by atoms with E-state index in [1.54, 1.807) is 0 Å². The van der Waals surface area contributed by atoms with E-state index in [9.17, 15) is 13.2 Å². The van der Waals surface area contributed by atoms with Gasteiger partial charge in [0.2, 0.25) is 0 Å². The van der Waals surface area contributed by atoms with Crippen molar-refractivity contribution in [3.63, 3.8) is 0 Å². The van der Waals surface area contributed by atoms with Crippen molar-refractivity contribution in [3.05, 3.63) is 84.4 Å². The van der Waals surface area contributed by atoms with Gasteiger partial charge in [-0.1, -0.05) is 84.6 Å². The Kier molecular flexibility index (Phi) is 5.85. The van der Waals surface area contributed by atoms with Crippen LogP contribution in [0.2, 0.25) is 0 Å². The molecule has 0 aliphatic carbocycles. The molecule has 1 unspecified atom stereocenters. The zero-order valence-corrected chi connectivity index (χ0v) is 18.9. The highest BCUT2D eigenvalue weighted by atomic mass is 32.2. The molecule has 1 fully saturated rings. The fourth-order valence-electron chi connectivity index (χ4n) is 3.93. The zero-order valence-electron chi connectivity index (χ0n) is 17.3. The molecular formula is C23H21N3O5S2. The van der Waals surface area contributed by atoms with Crippen LogP contribution in [0.25, 0.3) is 11.1 Å². The van der Waals surface area contributed by atoms with Crippen LogP contribution in [0.3, 0.4) is 0 Å². The van der Waals surface area contributed by atoms with Crippen LogP contribution in [0.15, 0.2) is 83.8 Å². The molecule has 0 bridgehead atoms. The van der Waals surface area contributed by atoms with Gasteiger partial charge in [-0.3, -0.25) is 5.32 Å². The number of carbonyl (C=O) groups is 1. The summed E-state index contributed by atoms with van der Waals surface area (Å²) >= 11 is 1.45. The summed E-state index contributed by atoms with van der Waals surface area (Å²) in [6, 6.07) is 24.7. The fraction of sp³-hybridized carbons (Fsp3) is 0.174. The smallest absolute Gasteiger partial charge is 0.334 e. The Morgan fingerprint density at radius 2 is 1.73 bits per heavy atom. The Bertz CT molecular complexity index is 1270. The van der Waals surface area contributed by atoms with Gasteiger partial charge in [-0.2, -0.15) is 13.1 Å². The summed E-state index contributed by atoms with van der Waals surface area (Å²) in [7, 11) is -4.15.